The summed E-state index contributed by atoms with van der Waals surface area (Å²) in [7, 11) is 1.31. The average molecular weight is 218 g/mol. The molecule has 0 radical (unpaired) electrons. The van der Waals surface area contributed by atoms with Crippen molar-refractivity contribution in [2.75, 3.05) is 12.9 Å². The highest BCUT2D eigenvalue weighted by Gasteiger charge is 2.03. The highest BCUT2D eigenvalue weighted by atomic mass is 35.7. The quantitative estimate of drug-likeness (QED) is 0.597. The normalized spacial score (nSPS) is 12.7. The average Bonchev–Trinajstić information content (AvgIpc) is 1.82. The van der Waals surface area contributed by atoms with Crippen molar-refractivity contribution in [2.24, 2.45) is 11.7 Å². The smallest absolute Gasteiger partial charge is 0.229 e. The Morgan fingerprint density at radius 3 is 1.92 bits per heavy atom. The molecule has 0 aliphatic rings. The van der Waals surface area contributed by atoms with Crippen LogP contribution in [0.1, 0.15) is 6.92 Å². The van der Waals surface area contributed by atoms with Crippen LogP contribution in [0.25, 0.3) is 0 Å². The molecule has 0 saturated heterocycles. The maximum Gasteiger partial charge on any atom is 0.229 e. The van der Waals surface area contributed by atoms with Crippen LogP contribution in [0.4, 0.5) is 0 Å². The fraction of sp³-hybridized carbons (Fsp3) is 0.800. The minimum atomic E-state index is -3.19. The first-order valence-electron chi connectivity index (χ1n) is 2.98. The molecule has 0 bridgehead atoms. The van der Waals surface area contributed by atoms with E-state index in [0.717, 1.165) is 6.26 Å². The van der Waals surface area contributed by atoms with Gasteiger partial charge in [-0.25, -0.2) is 8.42 Å². The maximum atomic E-state index is 9.99. The first-order valence-corrected chi connectivity index (χ1v) is 5.70. The Labute approximate surface area is 75.9 Å². The van der Waals surface area contributed by atoms with Crippen LogP contribution in [0.5, 0.6) is 0 Å². The first-order chi connectivity index (χ1) is 5.18. The molecule has 0 aliphatic carbocycles. The summed E-state index contributed by atoms with van der Waals surface area (Å²) in [6.45, 7) is 1.41. The molecule has 1 atom stereocenters. The van der Waals surface area contributed by atoms with Crippen LogP contribution in [-0.2, 0) is 13.8 Å². The lowest BCUT2D eigenvalue weighted by molar-refractivity contribution is -0.122. The van der Waals surface area contributed by atoms with Crippen molar-refractivity contribution in [3.63, 3.8) is 0 Å². The molecular formula is C5H12ClNO4S. The molecule has 7 heteroatoms. The Bertz CT molecular complexity index is 218. The third-order valence-electron chi connectivity index (χ3n) is 0.760. The van der Waals surface area contributed by atoms with E-state index in [1.807, 2.05) is 0 Å². The predicted octanol–water partition coefficient (Wildman–Crippen LogP) is -0.715. The molecule has 0 saturated carbocycles. The first kappa shape index (κ1) is 14.2. The lowest BCUT2D eigenvalue weighted by Gasteiger charge is -1.97. The SMILES string of the molecule is CS(=O)(=O)Cl.C[C@@H](CO)C(N)=O. The third-order valence-corrected chi connectivity index (χ3v) is 0.760. The Morgan fingerprint density at radius 1 is 1.67 bits per heavy atom. The van der Waals surface area contributed by atoms with E-state index in [2.05, 4.69) is 10.7 Å². The molecular weight excluding hydrogens is 206 g/mol. The van der Waals surface area contributed by atoms with Crippen LogP contribution in [0, 0.1) is 5.92 Å². The summed E-state index contributed by atoms with van der Waals surface area (Å²) >= 11 is 0. The van der Waals surface area contributed by atoms with Crippen molar-refractivity contribution in [1.82, 2.24) is 0 Å². The second-order valence-electron chi connectivity index (χ2n) is 2.17. The van der Waals surface area contributed by atoms with Crippen LogP contribution in [0.3, 0.4) is 0 Å². The molecule has 0 aromatic rings. The molecule has 0 spiro atoms. The van der Waals surface area contributed by atoms with Crippen LogP contribution in [0.15, 0.2) is 0 Å². The standard InChI is InChI=1S/C4H9NO2.CH3ClO2S/c1-3(2-6)4(5)7;1-5(2,3)4/h3,6H,2H2,1H3,(H2,5,7);1H3/t3-;/m0./s1. The highest BCUT2D eigenvalue weighted by molar-refractivity contribution is 8.13. The van der Waals surface area contributed by atoms with E-state index in [1.165, 1.54) is 0 Å². The zero-order valence-corrected chi connectivity index (χ0v) is 8.39. The molecule has 0 fully saturated rings. The maximum absolute atomic E-state index is 9.99. The van der Waals surface area contributed by atoms with Crippen molar-refractivity contribution in [1.29, 1.82) is 0 Å². The van der Waals surface area contributed by atoms with Crippen LogP contribution in [-0.4, -0.2) is 32.3 Å². The van der Waals surface area contributed by atoms with Gasteiger partial charge in [0.15, 0.2) is 0 Å². The number of hydrogen-bond donors (Lipinski definition) is 2. The van der Waals surface area contributed by atoms with E-state index in [-0.39, 0.29) is 6.61 Å². The second-order valence-corrected chi connectivity index (χ2v) is 5.21. The number of nitrogens with two attached hydrogens (primary N) is 1. The van der Waals surface area contributed by atoms with Crippen LogP contribution in [0.2, 0.25) is 0 Å². The fourth-order valence-corrected chi connectivity index (χ4v) is 0.0900. The van der Waals surface area contributed by atoms with Gasteiger partial charge in [0.25, 0.3) is 0 Å². The Balaban J connectivity index is 0. The van der Waals surface area contributed by atoms with E-state index < -0.39 is 20.9 Å². The highest BCUT2D eigenvalue weighted by Crippen LogP contribution is 1.86. The summed E-state index contributed by atoms with van der Waals surface area (Å²) in [4.78, 5) is 9.99. The lowest BCUT2D eigenvalue weighted by atomic mass is 10.2. The number of hydrogen-bond acceptors (Lipinski definition) is 4. The second kappa shape index (κ2) is 6.22. The Hall–Kier alpha value is -0.330. The molecule has 12 heavy (non-hydrogen) atoms. The van der Waals surface area contributed by atoms with Crippen molar-refractivity contribution >= 4 is 25.6 Å². The minimum Gasteiger partial charge on any atom is -0.396 e. The van der Waals surface area contributed by atoms with Gasteiger partial charge < -0.3 is 10.8 Å². The lowest BCUT2D eigenvalue weighted by Crippen LogP contribution is -2.22. The number of primary amides is 1. The van der Waals surface area contributed by atoms with Crippen molar-refractivity contribution in [3.8, 4) is 0 Å². The largest absolute Gasteiger partial charge is 0.396 e. The molecule has 0 heterocycles. The molecule has 0 aromatic heterocycles. The van der Waals surface area contributed by atoms with Crippen LogP contribution < -0.4 is 5.73 Å². The van der Waals surface area contributed by atoms with Crippen LogP contribution >= 0.6 is 10.7 Å². The van der Waals surface area contributed by atoms with Gasteiger partial charge in [0, 0.05) is 10.7 Å². The number of amides is 1. The molecule has 0 rings (SSSR count). The summed E-state index contributed by atoms with van der Waals surface area (Å²) < 4.78 is 18.8. The van der Waals surface area contributed by atoms with E-state index in [4.69, 9.17) is 10.8 Å². The summed E-state index contributed by atoms with van der Waals surface area (Å²) in [5, 5.41) is 8.20. The zero-order chi connectivity index (χ0) is 10.4. The Morgan fingerprint density at radius 2 is 1.92 bits per heavy atom. The van der Waals surface area contributed by atoms with Gasteiger partial charge >= 0.3 is 0 Å². The van der Waals surface area contributed by atoms with Gasteiger partial charge in [0.1, 0.15) is 0 Å². The van der Waals surface area contributed by atoms with Gasteiger partial charge in [-0.3, -0.25) is 4.79 Å². The van der Waals surface area contributed by atoms with E-state index in [1.54, 1.807) is 6.92 Å². The van der Waals surface area contributed by atoms with Gasteiger partial charge in [-0.15, -0.1) is 0 Å². The number of carbonyl (C=O) groups excluding carboxylic acids is 1. The number of carbonyl (C=O) groups is 1. The van der Waals surface area contributed by atoms with Gasteiger partial charge in [-0.1, -0.05) is 6.92 Å². The summed E-state index contributed by atoms with van der Waals surface area (Å²) in [6, 6.07) is 0. The topological polar surface area (TPSA) is 97.5 Å². The predicted molar refractivity (Wildman–Crippen MR) is 46.1 cm³/mol. The molecule has 0 aliphatic heterocycles. The third kappa shape index (κ3) is 22.6. The van der Waals surface area contributed by atoms with E-state index >= 15 is 0 Å². The van der Waals surface area contributed by atoms with Crippen molar-refractivity contribution in [2.45, 2.75) is 6.92 Å². The van der Waals surface area contributed by atoms with Crippen molar-refractivity contribution < 1.29 is 18.3 Å². The zero-order valence-electron chi connectivity index (χ0n) is 6.82. The molecule has 3 N–H and O–H groups in total. The molecule has 74 valence electrons. The minimum absolute atomic E-state index is 0.157. The number of aliphatic hydroxyl groups excluding tert-OH is 1. The number of halogens is 1. The van der Waals surface area contributed by atoms with E-state index in [0.29, 0.717) is 0 Å². The molecule has 0 unspecified atom stereocenters. The van der Waals surface area contributed by atoms with Gasteiger partial charge in [0.05, 0.1) is 18.8 Å². The molecule has 0 aromatic carbocycles. The van der Waals surface area contributed by atoms with Gasteiger partial charge in [0.2, 0.25) is 15.0 Å². The van der Waals surface area contributed by atoms with E-state index in [9.17, 15) is 13.2 Å². The summed E-state index contributed by atoms with van der Waals surface area (Å²) in [5.74, 6) is -0.859. The fourth-order valence-electron chi connectivity index (χ4n) is 0.0900. The monoisotopic (exact) mass is 217 g/mol. The van der Waals surface area contributed by atoms with Gasteiger partial charge in [-0.05, 0) is 0 Å². The Kier molecular flexibility index (Phi) is 7.36. The molecule has 5 nitrogen and oxygen atoms in total. The number of aliphatic hydroxyl groups is 1. The molecule has 1 amide bonds. The number of rotatable bonds is 2. The van der Waals surface area contributed by atoms with Crippen molar-refractivity contribution in [3.05, 3.63) is 0 Å². The summed E-state index contributed by atoms with van der Waals surface area (Å²) in [6.07, 6.45) is 0.925. The van der Waals surface area contributed by atoms with Gasteiger partial charge in [-0.2, -0.15) is 0 Å². The summed E-state index contributed by atoms with van der Waals surface area (Å²) in [5.41, 5.74) is 4.75.